The molecule has 20 heavy (non-hydrogen) atoms. The monoisotopic (exact) mass is 340 g/mol. The first-order valence-electron chi connectivity index (χ1n) is 6.48. The zero-order valence-electron chi connectivity index (χ0n) is 11.0. The highest BCUT2D eigenvalue weighted by molar-refractivity contribution is 9.10. The van der Waals surface area contributed by atoms with E-state index in [2.05, 4.69) is 15.9 Å². The van der Waals surface area contributed by atoms with Crippen LogP contribution in [0.3, 0.4) is 0 Å². The molecule has 5 nitrogen and oxygen atoms in total. The number of carboxylic acid groups (broad SMARTS) is 1. The Labute approximate surface area is 125 Å². The number of carbonyl (C=O) groups is 2. The number of carboxylic acids is 1. The van der Waals surface area contributed by atoms with Crippen molar-refractivity contribution < 1.29 is 14.7 Å². The Balaban J connectivity index is 2.13. The molecule has 1 saturated heterocycles. The number of rotatable bonds is 5. The first-order valence-corrected chi connectivity index (χ1v) is 7.27. The van der Waals surface area contributed by atoms with Crippen LogP contribution in [0.4, 0.5) is 0 Å². The summed E-state index contributed by atoms with van der Waals surface area (Å²) in [5.41, 5.74) is 6.47. The Morgan fingerprint density at radius 2 is 2.10 bits per heavy atom. The molecule has 1 aromatic carbocycles. The molecule has 1 amide bonds. The predicted molar refractivity (Wildman–Crippen MR) is 78.1 cm³/mol. The van der Waals surface area contributed by atoms with E-state index in [9.17, 15) is 14.7 Å². The third kappa shape index (κ3) is 3.37. The maximum Gasteiger partial charge on any atom is 0.326 e. The minimum atomic E-state index is -0.973. The molecule has 1 aromatic rings. The van der Waals surface area contributed by atoms with E-state index in [0.717, 1.165) is 10.0 Å². The van der Waals surface area contributed by atoms with Crippen LogP contribution in [-0.2, 0) is 16.0 Å². The topological polar surface area (TPSA) is 83.6 Å². The Bertz CT molecular complexity index is 504. The second-order valence-corrected chi connectivity index (χ2v) is 5.95. The van der Waals surface area contributed by atoms with E-state index in [1.165, 1.54) is 4.90 Å². The Morgan fingerprint density at radius 1 is 1.45 bits per heavy atom. The van der Waals surface area contributed by atoms with Gasteiger partial charge in [0.15, 0.2) is 0 Å². The average molecular weight is 341 g/mol. The van der Waals surface area contributed by atoms with E-state index < -0.39 is 12.0 Å². The van der Waals surface area contributed by atoms with Crippen molar-refractivity contribution in [2.24, 2.45) is 11.7 Å². The summed E-state index contributed by atoms with van der Waals surface area (Å²) in [5.74, 6) is -1.03. The summed E-state index contributed by atoms with van der Waals surface area (Å²) in [5, 5.41) is 9.39. The third-order valence-electron chi connectivity index (χ3n) is 3.58. The van der Waals surface area contributed by atoms with E-state index in [0.29, 0.717) is 25.9 Å². The maximum atomic E-state index is 11.9. The van der Waals surface area contributed by atoms with E-state index in [4.69, 9.17) is 5.73 Å². The van der Waals surface area contributed by atoms with E-state index in [1.54, 1.807) is 0 Å². The summed E-state index contributed by atoms with van der Waals surface area (Å²) in [6, 6.07) is 6.63. The van der Waals surface area contributed by atoms with Gasteiger partial charge in [-0.15, -0.1) is 0 Å². The average Bonchev–Trinajstić information content (AvgIpc) is 2.79. The molecule has 1 unspecified atom stereocenters. The number of halogens is 1. The fourth-order valence-electron chi connectivity index (χ4n) is 2.44. The van der Waals surface area contributed by atoms with Gasteiger partial charge in [-0.05, 0) is 30.2 Å². The SMILES string of the molecule is NCC1CC(=O)N([C@H](Cc2ccc(Br)cc2)C(=O)O)C1. The molecule has 1 aliphatic rings. The molecule has 0 bridgehead atoms. The van der Waals surface area contributed by atoms with Crippen LogP contribution in [0.2, 0.25) is 0 Å². The zero-order valence-corrected chi connectivity index (χ0v) is 12.5. The van der Waals surface area contributed by atoms with Crippen LogP contribution < -0.4 is 5.73 Å². The highest BCUT2D eigenvalue weighted by Crippen LogP contribution is 2.22. The molecule has 2 atom stereocenters. The summed E-state index contributed by atoms with van der Waals surface area (Å²) in [6.45, 7) is 0.843. The van der Waals surface area contributed by atoms with Gasteiger partial charge < -0.3 is 15.7 Å². The van der Waals surface area contributed by atoms with Gasteiger partial charge in [0.25, 0.3) is 0 Å². The van der Waals surface area contributed by atoms with Crippen LogP contribution in [0.5, 0.6) is 0 Å². The van der Waals surface area contributed by atoms with Crippen LogP contribution in [0.1, 0.15) is 12.0 Å². The molecule has 1 fully saturated rings. The lowest BCUT2D eigenvalue weighted by atomic mass is 10.0. The van der Waals surface area contributed by atoms with Gasteiger partial charge >= 0.3 is 5.97 Å². The summed E-state index contributed by atoms with van der Waals surface area (Å²) in [6.07, 6.45) is 0.659. The summed E-state index contributed by atoms with van der Waals surface area (Å²) >= 11 is 3.34. The van der Waals surface area contributed by atoms with Gasteiger partial charge in [-0.3, -0.25) is 4.79 Å². The van der Waals surface area contributed by atoms with Crippen molar-refractivity contribution in [3.8, 4) is 0 Å². The van der Waals surface area contributed by atoms with Gasteiger partial charge in [0.05, 0.1) is 0 Å². The first-order chi connectivity index (χ1) is 9.51. The van der Waals surface area contributed by atoms with Crippen LogP contribution in [0.25, 0.3) is 0 Å². The van der Waals surface area contributed by atoms with Gasteiger partial charge in [0.2, 0.25) is 5.91 Å². The molecular weight excluding hydrogens is 324 g/mol. The van der Waals surface area contributed by atoms with Crippen molar-refractivity contribution in [3.05, 3.63) is 34.3 Å². The molecule has 2 rings (SSSR count). The quantitative estimate of drug-likeness (QED) is 0.844. The second kappa shape index (κ2) is 6.37. The van der Waals surface area contributed by atoms with Crippen LogP contribution in [0.15, 0.2) is 28.7 Å². The summed E-state index contributed by atoms with van der Waals surface area (Å²) < 4.78 is 0.938. The van der Waals surface area contributed by atoms with Crippen molar-refractivity contribution >= 4 is 27.8 Å². The lowest BCUT2D eigenvalue weighted by Gasteiger charge is -2.24. The van der Waals surface area contributed by atoms with Crippen LogP contribution >= 0.6 is 15.9 Å². The summed E-state index contributed by atoms with van der Waals surface area (Å²) in [7, 11) is 0. The highest BCUT2D eigenvalue weighted by Gasteiger charge is 2.37. The number of aliphatic carboxylic acids is 1. The molecule has 0 aromatic heterocycles. The van der Waals surface area contributed by atoms with Gasteiger partial charge in [-0.25, -0.2) is 4.79 Å². The first kappa shape index (κ1) is 15.0. The Morgan fingerprint density at radius 3 is 2.60 bits per heavy atom. The van der Waals surface area contributed by atoms with E-state index in [-0.39, 0.29) is 11.8 Å². The predicted octanol–water partition coefficient (Wildman–Crippen LogP) is 1.25. The minimum Gasteiger partial charge on any atom is -0.480 e. The smallest absolute Gasteiger partial charge is 0.326 e. The Hall–Kier alpha value is -1.40. The van der Waals surface area contributed by atoms with Gasteiger partial charge in [-0.2, -0.15) is 0 Å². The lowest BCUT2D eigenvalue weighted by molar-refractivity contribution is -0.148. The van der Waals surface area contributed by atoms with E-state index >= 15 is 0 Å². The number of nitrogens with two attached hydrogens (primary N) is 1. The molecule has 1 aliphatic heterocycles. The molecule has 3 N–H and O–H groups in total. The lowest BCUT2D eigenvalue weighted by Crippen LogP contribution is -2.44. The number of hydrogen-bond acceptors (Lipinski definition) is 3. The normalized spacial score (nSPS) is 20.2. The molecule has 0 radical (unpaired) electrons. The standard InChI is InChI=1S/C14H17BrN2O3/c15-11-3-1-9(2-4-11)5-12(14(19)20)17-8-10(7-16)6-13(17)18/h1-4,10,12H,5-8,16H2,(H,19,20)/t10?,12-/m1/s1. The number of likely N-dealkylation sites (tertiary alicyclic amines) is 1. The van der Waals surface area contributed by atoms with Crippen molar-refractivity contribution in [2.45, 2.75) is 18.9 Å². The molecule has 0 saturated carbocycles. The van der Waals surface area contributed by atoms with Gasteiger partial charge in [0.1, 0.15) is 6.04 Å². The molecule has 108 valence electrons. The number of benzene rings is 1. The highest BCUT2D eigenvalue weighted by atomic mass is 79.9. The number of amides is 1. The second-order valence-electron chi connectivity index (χ2n) is 5.04. The molecule has 6 heteroatoms. The van der Waals surface area contributed by atoms with Crippen LogP contribution in [0, 0.1) is 5.92 Å². The van der Waals surface area contributed by atoms with E-state index in [1.807, 2.05) is 24.3 Å². The molecule has 0 spiro atoms. The fourth-order valence-corrected chi connectivity index (χ4v) is 2.71. The fraction of sp³-hybridized carbons (Fsp3) is 0.429. The maximum absolute atomic E-state index is 11.9. The number of hydrogen-bond donors (Lipinski definition) is 2. The minimum absolute atomic E-state index is 0.0641. The van der Waals surface area contributed by atoms with Crippen molar-refractivity contribution in [1.82, 2.24) is 4.90 Å². The van der Waals surface area contributed by atoms with Crippen molar-refractivity contribution in [3.63, 3.8) is 0 Å². The van der Waals surface area contributed by atoms with Crippen LogP contribution in [-0.4, -0.2) is 41.0 Å². The molecule has 0 aliphatic carbocycles. The van der Waals surface area contributed by atoms with Gasteiger partial charge in [0, 0.05) is 23.9 Å². The summed E-state index contributed by atoms with van der Waals surface area (Å²) in [4.78, 5) is 24.8. The van der Waals surface area contributed by atoms with Crippen molar-refractivity contribution in [2.75, 3.05) is 13.1 Å². The number of nitrogens with zero attached hydrogens (tertiary/aromatic N) is 1. The Kier molecular flexibility index (Phi) is 4.77. The van der Waals surface area contributed by atoms with Gasteiger partial charge in [-0.1, -0.05) is 28.1 Å². The number of carbonyl (C=O) groups excluding carboxylic acids is 1. The van der Waals surface area contributed by atoms with Crippen molar-refractivity contribution in [1.29, 1.82) is 0 Å². The largest absolute Gasteiger partial charge is 0.480 e. The molecular formula is C14H17BrN2O3. The third-order valence-corrected chi connectivity index (χ3v) is 4.10. The molecule has 1 heterocycles. The zero-order chi connectivity index (χ0) is 14.7.